The first-order chi connectivity index (χ1) is 15.2. The van der Waals surface area contributed by atoms with Crippen LogP contribution in [-0.2, 0) is 16.0 Å². The quantitative estimate of drug-likeness (QED) is 0.765. The lowest BCUT2D eigenvalue weighted by Crippen LogP contribution is -2.46. The Kier molecular flexibility index (Phi) is 6.33. The van der Waals surface area contributed by atoms with Crippen molar-refractivity contribution >= 4 is 11.9 Å². The topological polar surface area (TPSA) is 76.6 Å². The van der Waals surface area contributed by atoms with E-state index in [1.807, 2.05) is 6.20 Å². The van der Waals surface area contributed by atoms with Crippen LogP contribution in [0, 0.1) is 11.2 Å². The Morgan fingerprint density at radius 2 is 2.06 bits per heavy atom. The molecule has 0 radical (unpaired) electrons. The van der Waals surface area contributed by atoms with Crippen molar-refractivity contribution in [3.05, 3.63) is 47.5 Å². The minimum Gasteiger partial charge on any atom is -0.484 e. The number of morpholine rings is 1. The van der Waals surface area contributed by atoms with E-state index in [1.165, 1.54) is 12.1 Å². The molecule has 1 N–H and O–H groups in total. The van der Waals surface area contributed by atoms with Crippen molar-refractivity contribution in [1.82, 2.24) is 15.3 Å². The summed E-state index contributed by atoms with van der Waals surface area (Å²) < 4.78 is 24.6. The molecule has 3 unspecified atom stereocenters. The van der Waals surface area contributed by atoms with Crippen LogP contribution in [-0.4, -0.2) is 47.8 Å². The Balaban J connectivity index is 1.47. The molecule has 1 saturated heterocycles. The second-order valence-electron chi connectivity index (χ2n) is 9.65. The first-order valence-electron chi connectivity index (χ1n) is 11.1. The van der Waals surface area contributed by atoms with Gasteiger partial charge in [-0.1, -0.05) is 19.9 Å². The highest BCUT2D eigenvalue weighted by Gasteiger charge is 2.35. The summed E-state index contributed by atoms with van der Waals surface area (Å²) in [6.45, 7) is 9.80. The standard InChI is InChI=1S/C24H31FN4O3/c1-15-12-29(13-16(2)32-15)23-26-11-19-20(9-24(3,4)10-21(19)28-23)27-22(30)14-31-18-7-5-6-17(25)8-18/h5-8,11,15-16,20H,9-10,12-14H2,1-4H3,(H,27,30). The number of ether oxygens (including phenoxy) is 2. The van der Waals surface area contributed by atoms with E-state index in [0.717, 1.165) is 37.2 Å². The number of nitrogens with zero attached hydrogens (tertiary/aromatic N) is 3. The van der Waals surface area contributed by atoms with Crippen LogP contribution in [0.5, 0.6) is 5.75 Å². The van der Waals surface area contributed by atoms with E-state index in [9.17, 15) is 9.18 Å². The number of fused-ring (bicyclic) bond motifs is 1. The Hall–Kier alpha value is -2.74. The third kappa shape index (κ3) is 5.35. The van der Waals surface area contributed by atoms with Gasteiger partial charge in [-0.3, -0.25) is 4.79 Å². The molecule has 0 saturated carbocycles. The molecule has 7 nitrogen and oxygen atoms in total. The van der Waals surface area contributed by atoms with Crippen molar-refractivity contribution in [2.24, 2.45) is 5.41 Å². The van der Waals surface area contributed by atoms with Crippen LogP contribution in [0.25, 0.3) is 0 Å². The molecule has 1 aromatic heterocycles. The minimum absolute atomic E-state index is 0.0222. The number of amides is 1. The summed E-state index contributed by atoms with van der Waals surface area (Å²) in [5.74, 6) is 0.375. The molecule has 8 heteroatoms. The molecule has 3 atom stereocenters. The van der Waals surface area contributed by atoms with Gasteiger partial charge in [-0.2, -0.15) is 0 Å². The summed E-state index contributed by atoms with van der Waals surface area (Å²) in [6, 6.07) is 5.56. The van der Waals surface area contributed by atoms with Crippen LogP contribution in [0.1, 0.15) is 51.4 Å². The average molecular weight is 443 g/mol. The lowest BCUT2D eigenvalue weighted by molar-refractivity contribution is -0.124. The molecule has 172 valence electrons. The number of carbonyl (C=O) groups excluding carboxylic acids is 1. The van der Waals surface area contributed by atoms with E-state index in [0.29, 0.717) is 11.7 Å². The zero-order valence-electron chi connectivity index (χ0n) is 19.1. The summed E-state index contributed by atoms with van der Waals surface area (Å²) >= 11 is 0. The fraction of sp³-hybridized carbons (Fsp3) is 0.542. The number of hydrogen-bond acceptors (Lipinski definition) is 6. The molecule has 4 rings (SSSR count). The van der Waals surface area contributed by atoms with E-state index in [4.69, 9.17) is 14.5 Å². The van der Waals surface area contributed by atoms with Crippen molar-refractivity contribution in [3.8, 4) is 5.75 Å². The average Bonchev–Trinajstić information content (AvgIpc) is 2.70. The SMILES string of the molecule is CC1CN(c2ncc3c(n2)CC(C)(C)CC3NC(=O)COc2cccc(F)c2)CC(C)O1. The van der Waals surface area contributed by atoms with Crippen molar-refractivity contribution < 1.29 is 18.7 Å². The van der Waals surface area contributed by atoms with E-state index < -0.39 is 5.82 Å². The van der Waals surface area contributed by atoms with E-state index in [-0.39, 0.29) is 36.2 Å². The van der Waals surface area contributed by atoms with Crippen molar-refractivity contribution in [3.63, 3.8) is 0 Å². The van der Waals surface area contributed by atoms with Gasteiger partial charge >= 0.3 is 0 Å². The highest BCUT2D eigenvalue weighted by Crippen LogP contribution is 2.40. The van der Waals surface area contributed by atoms with Gasteiger partial charge < -0.3 is 19.7 Å². The highest BCUT2D eigenvalue weighted by atomic mass is 19.1. The van der Waals surface area contributed by atoms with Crippen LogP contribution < -0.4 is 15.0 Å². The Morgan fingerprint density at radius 1 is 1.31 bits per heavy atom. The number of nitrogens with one attached hydrogen (secondary N) is 1. The predicted octanol–water partition coefficient (Wildman–Crippen LogP) is 3.44. The van der Waals surface area contributed by atoms with Gasteiger partial charge in [-0.15, -0.1) is 0 Å². The first kappa shape index (κ1) is 22.5. The maximum Gasteiger partial charge on any atom is 0.258 e. The monoisotopic (exact) mass is 442 g/mol. The molecule has 0 bridgehead atoms. The second kappa shape index (κ2) is 9.02. The Bertz CT molecular complexity index is 973. The molecule has 2 heterocycles. The summed E-state index contributed by atoms with van der Waals surface area (Å²) in [4.78, 5) is 24.3. The van der Waals surface area contributed by atoms with E-state index >= 15 is 0 Å². The number of anilines is 1. The fourth-order valence-electron chi connectivity index (χ4n) is 4.60. The van der Waals surface area contributed by atoms with E-state index in [2.05, 4.69) is 42.9 Å². The number of carbonyl (C=O) groups is 1. The van der Waals surface area contributed by atoms with Crippen LogP contribution in [0.2, 0.25) is 0 Å². The lowest BCUT2D eigenvalue weighted by atomic mass is 9.74. The second-order valence-corrected chi connectivity index (χ2v) is 9.65. The summed E-state index contributed by atoms with van der Waals surface area (Å²) in [6.07, 6.45) is 3.69. The number of benzene rings is 1. The molecule has 1 aromatic carbocycles. The summed E-state index contributed by atoms with van der Waals surface area (Å²) in [7, 11) is 0. The number of hydrogen-bond donors (Lipinski definition) is 1. The van der Waals surface area contributed by atoms with Crippen LogP contribution >= 0.6 is 0 Å². The largest absolute Gasteiger partial charge is 0.484 e. The van der Waals surface area contributed by atoms with Gasteiger partial charge in [-0.25, -0.2) is 14.4 Å². The van der Waals surface area contributed by atoms with Crippen molar-refractivity contribution in [2.45, 2.75) is 58.8 Å². The van der Waals surface area contributed by atoms with Crippen LogP contribution in [0.15, 0.2) is 30.5 Å². The Labute approximate surface area is 188 Å². The maximum atomic E-state index is 13.3. The zero-order chi connectivity index (χ0) is 22.9. The third-order valence-corrected chi connectivity index (χ3v) is 5.87. The highest BCUT2D eigenvalue weighted by molar-refractivity contribution is 5.78. The zero-order valence-corrected chi connectivity index (χ0v) is 19.1. The molecule has 1 aliphatic heterocycles. The molecule has 1 amide bonds. The molecule has 32 heavy (non-hydrogen) atoms. The normalized spacial score (nSPS) is 24.5. The number of halogens is 1. The van der Waals surface area contributed by atoms with Crippen LogP contribution in [0.4, 0.5) is 10.3 Å². The fourth-order valence-corrected chi connectivity index (χ4v) is 4.60. The van der Waals surface area contributed by atoms with Gasteiger partial charge in [0.15, 0.2) is 6.61 Å². The van der Waals surface area contributed by atoms with Gasteiger partial charge in [0.25, 0.3) is 5.91 Å². The van der Waals surface area contributed by atoms with Gasteiger partial charge in [0.05, 0.1) is 23.9 Å². The molecule has 2 aliphatic rings. The maximum absolute atomic E-state index is 13.3. The van der Waals surface area contributed by atoms with Gasteiger partial charge in [0.1, 0.15) is 11.6 Å². The lowest BCUT2D eigenvalue weighted by Gasteiger charge is -2.38. The summed E-state index contributed by atoms with van der Waals surface area (Å²) in [5.41, 5.74) is 1.89. The van der Waals surface area contributed by atoms with Gasteiger partial charge in [-0.05, 0) is 44.2 Å². The smallest absolute Gasteiger partial charge is 0.258 e. The predicted molar refractivity (Wildman–Crippen MR) is 119 cm³/mol. The first-order valence-corrected chi connectivity index (χ1v) is 11.1. The molecular formula is C24H31FN4O3. The van der Waals surface area contributed by atoms with Crippen molar-refractivity contribution in [1.29, 1.82) is 0 Å². The Morgan fingerprint density at radius 3 is 2.78 bits per heavy atom. The minimum atomic E-state index is -0.400. The molecule has 1 aliphatic carbocycles. The number of aromatic nitrogens is 2. The van der Waals surface area contributed by atoms with E-state index in [1.54, 1.807) is 12.1 Å². The third-order valence-electron chi connectivity index (χ3n) is 5.87. The van der Waals surface area contributed by atoms with Gasteiger partial charge in [0, 0.05) is 30.9 Å². The summed E-state index contributed by atoms with van der Waals surface area (Å²) in [5, 5.41) is 3.06. The number of rotatable bonds is 5. The van der Waals surface area contributed by atoms with Gasteiger partial charge in [0.2, 0.25) is 5.95 Å². The van der Waals surface area contributed by atoms with Crippen molar-refractivity contribution in [2.75, 3.05) is 24.6 Å². The molecule has 1 fully saturated rings. The molecular weight excluding hydrogens is 411 g/mol. The van der Waals surface area contributed by atoms with Crippen LogP contribution in [0.3, 0.4) is 0 Å². The molecule has 2 aromatic rings. The molecule has 0 spiro atoms.